The summed E-state index contributed by atoms with van der Waals surface area (Å²) < 4.78 is 22.6. The van der Waals surface area contributed by atoms with Gasteiger partial charge in [0.05, 0.1) is 23.8 Å². The lowest BCUT2D eigenvalue weighted by Gasteiger charge is -2.51. The molecule has 0 bridgehead atoms. The summed E-state index contributed by atoms with van der Waals surface area (Å²) in [6.07, 6.45) is 6.79. The lowest BCUT2D eigenvalue weighted by molar-refractivity contribution is -0.125. The molecule has 6 rings (SSSR count). The highest BCUT2D eigenvalue weighted by molar-refractivity contribution is 6.21. The summed E-state index contributed by atoms with van der Waals surface area (Å²) in [7, 11) is 3.28. The molecule has 0 saturated heterocycles. The highest BCUT2D eigenvalue weighted by atomic mass is 16.7. The molecule has 4 aliphatic rings. The molecule has 38 heavy (non-hydrogen) atoms. The zero-order valence-corrected chi connectivity index (χ0v) is 22.5. The van der Waals surface area contributed by atoms with Gasteiger partial charge < -0.3 is 18.9 Å². The van der Waals surface area contributed by atoms with Gasteiger partial charge in [0.1, 0.15) is 12.5 Å². The number of rotatable bonds is 8. The van der Waals surface area contributed by atoms with Crippen molar-refractivity contribution in [2.45, 2.75) is 64.0 Å². The predicted octanol–water partition coefficient (Wildman–Crippen LogP) is 5.31. The molecule has 7 nitrogen and oxygen atoms in total. The highest BCUT2D eigenvalue weighted by Crippen LogP contribution is 2.62. The van der Waals surface area contributed by atoms with Gasteiger partial charge in [-0.2, -0.15) is 0 Å². The van der Waals surface area contributed by atoms with Crippen LogP contribution in [-0.4, -0.2) is 50.6 Å². The average Bonchev–Trinajstić information content (AvgIpc) is 3.40. The van der Waals surface area contributed by atoms with Crippen LogP contribution in [0.1, 0.15) is 82.4 Å². The summed E-state index contributed by atoms with van der Waals surface area (Å²) in [5.74, 6) is 1.91. The number of nitrogens with zero attached hydrogens (tertiary/aromatic N) is 1. The van der Waals surface area contributed by atoms with Crippen molar-refractivity contribution < 1.29 is 28.5 Å². The summed E-state index contributed by atoms with van der Waals surface area (Å²) >= 11 is 0. The third-order valence-corrected chi connectivity index (χ3v) is 9.82. The van der Waals surface area contributed by atoms with Crippen LogP contribution in [0.5, 0.6) is 5.75 Å². The van der Waals surface area contributed by atoms with Gasteiger partial charge in [-0.25, -0.2) is 0 Å². The first-order valence-electron chi connectivity index (χ1n) is 13.8. The Balaban J connectivity index is 1.32. The second-order valence-corrected chi connectivity index (χ2v) is 11.5. The van der Waals surface area contributed by atoms with Gasteiger partial charge in [-0.1, -0.05) is 25.1 Å². The van der Waals surface area contributed by atoms with E-state index >= 15 is 0 Å². The minimum Gasteiger partial charge on any atom is -0.467 e. The maximum Gasteiger partial charge on any atom is 0.261 e. The van der Waals surface area contributed by atoms with Crippen molar-refractivity contribution in [3.63, 3.8) is 0 Å². The second-order valence-electron chi connectivity index (χ2n) is 11.5. The molecule has 0 unspecified atom stereocenters. The largest absolute Gasteiger partial charge is 0.467 e. The Morgan fingerprint density at radius 1 is 0.921 bits per heavy atom. The number of hydrogen-bond donors (Lipinski definition) is 0. The van der Waals surface area contributed by atoms with E-state index in [-0.39, 0.29) is 36.7 Å². The van der Waals surface area contributed by atoms with Crippen LogP contribution in [0, 0.1) is 17.3 Å². The first-order valence-corrected chi connectivity index (χ1v) is 13.8. The maximum absolute atomic E-state index is 13.2. The number of amides is 2. The molecule has 0 radical (unpaired) electrons. The Kier molecular flexibility index (Phi) is 6.79. The van der Waals surface area contributed by atoms with E-state index in [4.69, 9.17) is 18.9 Å². The van der Waals surface area contributed by atoms with Gasteiger partial charge in [0, 0.05) is 19.8 Å². The lowest BCUT2D eigenvalue weighted by atomic mass is 9.55. The Morgan fingerprint density at radius 3 is 2.37 bits per heavy atom. The molecule has 2 aromatic rings. The topological polar surface area (TPSA) is 74.3 Å². The Morgan fingerprint density at radius 2 is 1.66 bits per heavy atom. The summed E-state index contributed by atoms with van der Waals surface area (Å²) in [5, 5.41) is 0. The third-order valence-electron chi connectivity index (χ3n) is 9.82. The van der Waals surface area contributed by atoms with Crippen molar-refractivity contribution >= 4 is 11.8 Å². The Bertz CT molecular complexity index is 1210. The molecule has 202 valence electrons. The van der Waals surface area contributed by atoms with E-state index in [9.17, 15) is 9.59 Å². The molecule has 0 N–H and O–H groups in total. The smallest absolute Gasteiger partial charge is 0.261 e. The van der Waals surface area contributed by atoms with E-state index in [1.807, 2.05) is 6.07 Å². The Hall–Kier alpha value is -2.74. The quantitative estimate of drug-likeness (QED) is 0.348. The lowest BCUT2D eigenvalue weighted by Crippen LogP contribution is -2.45. The van der Waals surface area contributed by atoms with Crippen LogP contribution in [0.2, 0.25) is 0 Å². The van der Waals surface area contributed by atoms with Gasteiger partial charge in [-0.15, -0.1) is 0 Å². The van der Waals surface area contributed by atoms with Gasteiger partial charge in [0.25, 0.3) is 11.8 Å². The van der Waals surface area contributed by atoms with Crippen molar-refractivity contribution in [1.29, 1.82) is 0 Å². The molecule has 2 saturated carbocycles. The standard InChI is InChI=1S/C31H37NO6/c1-31-15-14-21-19-10-12-27(37-17-35-2)25(16-32-29(33)23-6-4-5-7-24(23)30(32)34)20(19)8-9-22(21)26(31)11-13-28(31)38-18-36-3/h4-7,10,12,21-22,26,28H,8-9,11,13-18H2,1-3H3/t21-,22-,26+,28+,31+/m1/s1. The normalized spacial score (nSPS) is 29.6. The van der Waals surface area contributed by atoms with Gasteiger partial charge in [-0.3, -0.25) is 14.5 Å². The number of carbonyl (C=O) groups excluding carboxylic acids is 2. The number of fused-ring (bicyclic) bond motifs is 6. The van der Waals surface area contributed by atoms with E-state index in [2.05, 4.69) is 13.0 Å². The third kappa shape index (κ3) is 3.98. The molecule has 1 heterocycles. The summed E-state index contributed by atoms with van der Waals surface area (Å²) in [6.45, 7) is 3.10. The van der Waals surface area contributed by atoms with Crippen molar-refractivity contribution in [1.82, 2.24) is 4.90 Å². The van der Waals surface area contributed by atoms with Crippen molar-refractivity contribution in [3.05, 3.63) is 64.2 Å². The van der Waals surface area contributed by atoms with Crippen LogP contribution in [-0.2, 0) is 27.2 Å². The molecule has 0 aromatic heterocycles. The molecule has 3 aliphatic carbocycles. The monoisotopic (exact) mass is 519 g/mol. The van der Waals surface area contributed by atoms with Crippen LogP contribution in [0.25, 0.3) is 0 Å². The van der Waals surface area contributed by atoms with E-state index < -0.39 is 0 Å². The van der Waals surface area contributed by atoms with Gasteiger partial charge in [-0.05, 0) is 91.0 Å². The van der Waals surface area contributed by atoms with E-state index in [0.717, 1.165) is 37.7 Å². The minimum atomic E-state index is -0.240. The first kappa shape index (κ1) is 25.5. The van der Waals surface area contributed by atoms with E-state index in [1.165, 1.54) is 22.4 Å². The molecule has 2 amide bonds. The summed E-state index contributed by atoms with van der Waals surface area (Å²) in [4.78, 5) is 27.8. The summed E-state index contributed by atoms with van der Waals surface area (Å²) in [5.41, 5.74) is 4.67. The first-order chi connectivity index (χ1) is 18.5. The molecule has 0 spiro atoms. The fraction of sp³-hybridized carbons (Fsp3) is 0.548. The number of hydrogen-bond acceptors (Lipinski definition) is 6. The van der Waals surface area contributed by atoms with Crippen LogP contribution in [0.4, 0.5) is 0 Å². The zero-order valence-electron chi connectivity index (χ0n) is 22.5. The van der Waals surface area contributed by atoms with Crippen LogP contribution < -0.4 is 4.74 Å². The summed E-state index contributed by atoms with van der Waals surface area (Å²) in [6, 6.07) is 11.3. The van der Waals surface area contributed by atoms with Crippen LogP contribution in [0.3, 0.4) is 0 Å². The molecule has 2 aromatic carbocycles. The Labute approximate surface area is 224 Å². The van der Waals surface area contributed by atoms with E-state index in [1.54, 1.807) is 38.5 Å². The van der Waals surface area contributed by atoms with E-state index in [0.29, 0.717) is 41.4 Å². The fourth-order valence-corrected chi connectivity index (χ4v) is 8.07. The number of carbonyl (C=O) groups is 2. The van der Waals surface area contributed by atoms with Crippen molar-refractivity contribution in [2.75, 3.05) is 27.8 Å². The predicted molar refractivity (Wildman–Crippen MR) is 141 cm³/mol. The van der Waals surface area contributed by atoms with Crippen molar-refractivity contribution in [2.24, 2.45) is 17.3 Å². The number of ether oxygens (including phenoxy) is 4. The molecule has 7 heteroatoms. The van der Waals surface area contributed by atoms with Gasteiger partial charge >= 0.3 is 0 Å². The SMILES string of the molecule is COCOc1ccc2c(c1CN1C(=O)c3ccccc3C1=O)CC[C@@H]1[C@@H]2CC[C@]2(C)[C@@H](OCOC)CC[C@@H]12. The van der Waals surface area contributed by atoms with Crippen LogP contribution in [0.15, 0.2) is 36.4 Å². The maximum atomic E-state index is 13.2. The highest BCUT2D eigenvalue weighted by Gasteiger charge is 2.55. The molecule has 1 aliphatic heterocycles. The number of methoxy groups -OCH3 is 2. The molecule has 2 fully saturated rings. The molecular formula is C31H37NO6. The molecule has 5 atom stereocenters. The van der Waals surface area contributed by atoms with Crippen LogP contribution >= 0.6 is 0 Å². The molecular weight excluding hydrogens is 482 g/mol. The van der Waals surface area contributed by atoms with Gasteiger partial charge in [0.2, 0.25) is 0 Å². The zero-order chi connectivity index (χ0) is 26.4. The average molecular weight is 520 g/mol. The van der Waals surface area contributed by atoms with Crippen molar-refractivity contribution in [3.8, 4) is 5.75 Å². The fourth-order valence-electron chi connectivity index (χ4n) is 8.07. The second kappa shape index (κ2) is 10.1. The minimum absolute atomic E-state index is 0.114. The number of imide groups is 1. The van der Waals surface area contributed by atoms with Gasteiger partial charge in [0.15, 0.2) is 6.79 Å². The number of benzene rings is 2.